The molecule has 0 saturated heterocycles. The Morgan fingerprint density at radius 3 is 2.71 bits per heavy atom. The molecule has 0 aliphatic heterocycles. The van der Waals surface area contributed by atoms with Gasteiger partial charge in [0.05, 0.1) is 18.8 Å². The van der Waals surface area contributed by atoms with Gasteiger partial charge >= 0.3 is 5.97 Å². The Labute approximate surface area is 143 Å². The normalized spacial score (nSPS) is 11.1. The Morgan fingerprint density at radius 2 is 2.00 bits per heavy atom. The third kappa shape index (κ3) is 3.14. The van der Waals surface area contributed by atoms with Crippen LogP contribution in [0.5, 0.6) is 0 Å². The van der Waals surface area contributed by atoms with Gasteiger partial charge < -0.3 is 9.15 Å². The monoisotopic (exact) mass is 335 g/mol. The highest BCUT2D eigenvalue weighted by Crippen LogP contribution is 2.31. The number of methoxy groups -OCH3 is 1. The Morgan fingerprint density at radius 1 is 1.21 bits per heavy atom. The number of thiophene rings is 1. The van der Waals surface area contributed by atoms with E-state index in [2.05, 4.69) is 6.07 Å². The third-order valence-electron chi connectivity index (χ3n) is 3.42. The Hall–Kier alpha value is -3.10. The Bertz CT molecular complexity index is 929. The lowest BCUT2D eigenvalue weighted by molar-refractivity contribution is 0.0607. The lowest BCUT2D eigenvalue weighted by atomic mass is 10.1. The first-order valence-corrected chi connectivity index (χ1v) is 8.04. The summed E-state index contributed by atoms with van der Waals surface area (Å²) in [5.74, 6) is 0.719. The van der Waals surface area contributed by atoms with Gasteiger partial charge in [-0.1, -0.05) is 30.3 Å². The zero-order valence-electron chi connectivity index (χ0n) is 12.9. The van der Waals surface area contributed by atoms with Crippen molar-refractivity contribution in [3.63, 3.8) is 0 Å². The molecule has 0 spiro atoms. The summed E-state index contributed by atoms with van der Waals surface area (Å²) in [6.07, 6.45) is 1.68. The molecule has 0 N–H and O–H groups in total. The van der Waals surface area contributed by atoms with E-state index in [1.165, 1.54) is 18.4 Å². The van der Waals surface area contributed by atoms with Gasteiger partial charge in [-0.3, -0.25) is 0 Å². The first kappa shape index (κ1) is 15.8. The van der Waals surface area contributed by atoms with Gasteiger partial charge in [-0.05, 0) is 35.2 Å². The minimum Gasteiger partial charge on any atom is -0.465 e. The summed E-state index contributed by atoms with van der Waals surface area (Å²) < 4.78 is 10.6. The van der Waals surface area contributed by atoms with Gasteiger partial charge in [0.2, 0.25) is 0 Å². The van der Waals surface area contributed by atoms with Gasteiger partial charge in [-0.15, -0.1) is 11.3 Å². The fourth-order valence-electron chi connectivity index (χ4n) is 2.27. The number of furan rings is 1. The van der Waals surface area contributed by atoms with E-state index < -0.39 is 5.97 Å². The van der Waals surface area contributed by atoms with Crippen molar-refractivity contribution >= 4 is 29.0 Å². The summed E-state index contributed by atoms with van der Waals surface area (Å²) in [6.45, 7) is 0. The average molecular weight is 335 g/mol. The number of hydrogen-bond donors (Lipinski definition) is 0. The number of benzene rings is 1. The van der Waals surface area contributed by atoms with Crippen LogP contribution in [0.2, 0.25) is 0 Å². The molecule has 0 atom stereocenters. The van der Waals surface area contributed by atoms with Crippen molar-refractivity contribution in [2.24, 2.45) is 0 Å². The van der Waals surface area contributed by atoms with E-state index in [0.717, 1.165) is 5.56 Å². The highest BCUT2D eigenvalue weighted by molar-refractivity contribution is 7.12. The fourth-order valence-corrected chi connectivity index (χ4v) is 3.08. The van der Waals surface area contributed by atoms with Gasteiger partial charge in [0, 0.05) is 5.56 Å². The maximum Gasteiger partial charge on any atom is 0.348 e. The molecule has 4 nitrogen and oxygen atoms in total. The van der Waals surface area contributed by atoms with E-state index in [1.807, 2.05) is 41.8 Å². The molecular formula is C19H13NO3S. The molecule has 0 aliphatic rings. The largest absolute Gasteiger partial charge is 0.465 e. The van der Waals surface area contributed by atoms with Gasteiger partial charge in [-0.25, -0.2) is 4.79 Å². The highest BCUT2D eigenvalue weighted by Gasteiger charge is 2.17. The number of nitrogens with zero attached hydrogens (tertiary/aromatic N) is 1. The second-order valence-electron chi connectivity index (χ2n) is 4.89. The number of carbonyl (C=O) groups excluding carboxylic acids is 1. The second-order valence-corrected chi connectivity index (χ2v) is 5.81. The smallest absolute Gasteiger partial charge is 0.348 e. The number of rotatable bonds is 4. The third-order valence-corrected chi connectivity index (χ3v) is 4.31. The number of ether oxygens (including phenoxy) is 1. The Kier molecular flexibility index (Phi) is 4.59. The van der Waals surface area contributed by atoms with Crippen molar-refractivity contribution in [1.82, 2.24) is 0 Å². The standard InChI is InChI=1S/C19H13NO3S/c1-22-19(21)18-16(9-10-24-18)17-8-7-15(23-17)11-14(12-20)13-5-3-2-4-6-13/h2-11H,1H3/b14-11+. The van der Waals surface area contributed by atoms with Crippen LogP contribution in [0, 0.1) is 11.3 Å². The van der Waals surface area contributed by atoms with Crippen molar-refractivity contribution in [2.75, 3.05) is 7.11 Å². The molecule has 2 aromatic heterocycles. The van der Waals surface area contributed by atoms with E-state index >= 15 is 0 Å². The van der Waals surface area contributed by atoms with Crippen LogP contribution in [0.15, 0.2) is 58.3 Å². The summed E-state index contributed by atoms with van der Waals surface area (Å²) in [5.41, 5.74) is 2.02. The van der Waals surface area contributed by atoms with E-state index in [4.69, 9.17) is 9.15 Å². The molecule has 3 rings (SSSR count). The molecule has 24 heavy (non-hydrogen) atoms. The van der Waals surface area contributed by atoms with Crippen LogP contribution in [0.3, 0.4) is 0 Å². The van der Waals surface area contributed by atoms with Crippen LogP contribution >= 0.6 is 11.3 Å². The van der Waals surface area contributed by atoms with Crippen molar-refractivity contribution in [3.05, 3.63) is 70.1 Å². The number of esters is 1. The fraction of sp³-hybridized carbons (Fsp3) is 0.0526. The van der Waals surface area contributed by atoms with E-state index in [9.17, 15) is 10.1 Å². The van der Waals surface area contributed by atoms with E-state index in [-0.39, 0.29) is 0 Å². The number of carbonyl (C=O) groups is 1. The van der Waals surface area contributed by atoms with Crippen LogP contribution in [0.25, 0.3) is 23.0 Å². The summed E-state index contributed by atoms with van der Waals surface area (Å²) in [4.78, 5) is 12.3. The minimum absolute atomic E-state index is 0.393. The minimum atomic E-state index is -0.393. The molecule has 3 aromatic rings. The summed E-state index contributed by atoms with van der Waals surface area (Å²) in [5, 5.41) is 11.2. The van der Waals surface area contributed by atoms with Crippen LogP contribution in [0.4, 0.5) is 0 Å². The van der Waals surface area contributed by atoms with Gasteiger partial charge in [-0.2, -0.15) is 5.26 Å². The molecule has 5 heteroatoms. The van der Waals surface area contributed by atoms with Crippen molar-refractivity contribution < 1.29 is 13.9 Å². The van der Waals surface area contributed by atoms with Crippen LogP contribution in [0.1, 0.15) is 21.0 Å². The quantitative estimate of drug-likeness (QED) is 0.504. The summed E-state index contributed by atoms with van der Waals surface area (Å²) in [7, 11) is 1.35. The first-order valence-electron chi connectivity index (χ1n) is 7.16. The maximum atomic E-state index is 11.8. The van der Waals surface area contributed by atoms with Gasteiger partial charge in [0.15, 0.2) is 0 Å². The predicted octanol–water partition coefficient (Wildman–Crippen LogP) is 4.86. The predicted molar refractivity (Wildman–Crippen MR) is 93.3 cm³/mol. The highest BCUT2D eigenvalue weighted by atomic mass is 32.1. The van der Waals surface area contributed by atoms with Crippen molar-refractivity contribution in [2.45, 2.75) is 0 Å². The van der Waals surface area contributed by atoms with E-state index in [0.29, 0.717) is 27.5 Å². The second kappa shape index (κ2) is 6.99. The van der Waals surface area contributed by atoms with Crippen LogP contribution in [-0.4, -0.2) is 13.1 Å². The molecule has 0 bridgehead atoms. The lowest BCUT2D eigenvalue weighted by Crippen LogP contribution is -1.99. The molecule has 0 fully saturated rings. The molecule has 118 valence electrons. The lowest BCUT2D eigenvalue weighted by Gasteiger charge is -1.99. The van der Waals surface area contributed by atoms with Crippen molar-refractivity contribution in [3.8, 4) is 17.4 Å². The first-order chi connectivity index (χ1) is 11.7. The molecule has 0 saturated carbocycles. The number of allylic oxidation sites excluding steroid dienone is 1. The van der Waals surface area contributed by atoms with Crippen molar-refractivity contribution in [1.29, 1.82) is 5.26 Å². The summed E-state index contributed by atoms with van der Waals surface area (Å²) >= 11 is 1.30. The summed E-state index contributed by atoms with van der Waals surface area (Å²) in [6, 6.07) is 16.9. The van der Waals surface area contributed by atoms with Gasteiger partial charge in [0.25, 0.3) is 0 Å². The topological polar surface area (TPSA) is 63.2 Å². The zero-order valence-corrected chi connectivity index (χ0v) is 13.7. The molecule has 1 aromatic carbocycles. The zero-order chi connectivity index (χ0) is 16.9. The van der Waals surface area contributed by atoms with Crippen LogP contribution in [-0.2, 0) is 4.74 Å². The molecule has 2 heterocycles. The number of nitriles is 1. The molecular weight excluding hydrogens is 322 g/mol. The van der Waals surface area contributed by atoms with Gasteiger partial charge in [0.1, 0.15) is 16.4 Å². The van der Waals surface area contributed by atoms with E-state index in [1.54, 1.807) is 18.2 Å². The SMILES string of the molecule is COC(=O)c1sccc1-c1ccc(/C=C(\C#N)c2ccccc2)o1. The number of hydrogen-bond acceptors (Lipinski definition) is 5. The molecule has 0 amide bonds. The Balaban J connectivity index is 1.94. The molecule has 0 unspecified atom stereocenters. The molecule has 0 aliphatic carbocycles. The average Bonchev–Trinajstić information content (AvgIpc) is 3.28. The maximum absolute atomic E-state index is 11.8. The molecule has 0 radical (unpaired) electrons. The van der Waals surface area contributed by atoms with Crippen LogP contribution < -0.4 is 0 Å².